The Morgan fingerprint density at radius 3 is 2.68 bits per heavy atom. The summed E-state index contributed by atoms with van der Waals surface area (Å²) < 4.78 is 17.1. The lowest BCUT2D eigenvalue weighted by Gasteiger charge is -2.39. The maximum atomic E-state index is 12.8. The first-order valence-corrected chi connectivity index (χ1v) is 7.50. The van der Waals surface area contributed by atoms with E-state index in [9.17, 15) is 9.90 Å². The number of rotatable bonds is 1. The molecule has 6 heteroatoms. The quantitative estimate of drug-likeness (QED) is 0.831. The molecule has 0 saturated carbocycles. The summed E-state index contributed by atoms with van der Waals surface area (Å²) in [5.41, 5.74) is 0.988. The lowest BCUT2D eigenvalue weighted by Crippen LogP contribution is -2.61. The fourth-order valence-corrected chi connectivity index (χ4v) is 3.54. The molecule has 3 aliphatic heterocycles. The van der Waals surface area contributed by atoms with Gasteiger partial charge in [0.1, 0.15) is 12.2 Å². The van der Waals surface area contributed by atoms with Crippen LogP contribution in [0.5, 0.6) is 0 Å². The number of hydrogen-bond donors (Lipinski definition) is 1. The SMILES string of the molecule is CC1(C)O[C@H]2[C@H](O)[C@@H]3OC[C@@H](c4ccccc4)N3C(=O)[C@H]2O1. The molecule has 118 valence electrons. The van der Waals surface area contributed by atoms with Crippen molar-refractivity contribution in [2.24, 2.45) is 0 Å². The van der Waals surface area contributed by atoms with Crippen molar-refractivity contribution in [3.05, 3.63) is 35.9 Å². The Morgan fingerprint density at radius 1 is 1.23 bits per heavy atom. The fraction of sp³-hybridized carbons (Fsp3) is 0.562. The van der Waals surface area contributed by atoms with Gasteiger partial charge in [-0.25, -0.2) is 0 Å². The summed E-state index contributed by atoms with van der Waals surface area (Å²) in [5.74, 6) is -1.06. The number of benzene rings is 1. The summed E-state index contributed by atoms with van der Waals surface area (Å²) in [5, 5.41) is 10.5. The Morgan fingerprint density at radius 2 is 1.95 bits per heavy atom. The molecule has 1 aromatic rings. The van der Waals surface area contributed by atoms with Crippen molar-refractivity contribution in [1.29, 1.82) is 0 Å². The van der Waals surface area contributed by atoms with E-state index in [0.717, 1.165) is 5.56 Å². The van der Waals surface area contributed by atoms with Crippen molar-refractivity contribution in [3.63, 3.8) is 0 Å². The minimum Gasteiger partial charge on any atom is -0.386 e. The van der Waals surface area contributed by atoms with Gasteiger partial charge in [-0.1, -0.05) is 30.3 Å². The van der Waals surface area contributed by atoms with E-state index in [-0.39, 0.29) is 11.9 Å². The van der Waals surface area contributed by atoms with Crippen LogP contribution in [-0.2, 0) is 19.0 Å². The zero-order chi connectivity index (χ0) is 15.5. The van der Waals surface area contributed by atoms with Gasteiger partial charge < -0.3 is 24.2 Å². The van der Waals surface area contributed by atoms with E-state index in [0.29, 0.717) is 6.61 Å². The highest BCUT2D eigenvalue weighted by Crippen LogP contribution is 2.42. The molecule has 0 unspecified atom stereocenters. The van der Waals surface area contributed by atoms with Gasteiger partial charge in [-0.2, -0.15) is 0 Å². The number of carbonyl (C=O) groups is 1. The van der Waals surface area contributed by atoms with Gasteiger partial charge in [0.05, 0.1) is 12.6 Å². The highest BCUT2D eigenvalue weighted by Gasteiger charge is 2.60. The van der Waals surface area contributed by atoms with Crippen LogP contribution in [0.3, 0.4) is 0 Å². The molecule has 3 fully saturated rings. The summed E-state index contributed by atoms with van der Waals surface area (Å²) in [6.07, 6.45) is -3.07. The Kier molecular flexibility index (Phi) is 3.06. The molecule has 6 nitrogen and oxygen atoms in total. The molecular weight excluding hydrogens is 286 g/mol. The molecule has 3 heterocycles. The Balaban J connectivity index is 1.68. The van der Waals surface area contributed by atoms with Crippen LogP contribution in [0.25, 0.3) is 0 Å². The average Bonchev–Trinajstić information content (AvgIpc) is 3.07. The topological polar surface area (TPSA) is 68.2 Å². The van der Waals surface area contributed by atoms with E-state index < -0.39 is 30.3 Å². The number of aliphatic hydroxyl groups is 1. The molecule has 5 atom stereocenters. The van der Waals surface area contributed by atoms with Gasteiger partial charge in [0.15, 0.2) is 18.1 Å². The molecule has 0 aliphatic carbocycles. The molecular formula is C16H19NO5. The molecule has 1 amide bonds. The van der Waals surface area contributed by atoms with Crippen LogP contribution in [0.2, 0.25) is 0 Å². The molecule has 0 spiro atoms. The second kappa shape index (κ2) is 4.76. The third kappa shape index (κ3) is 1.99. The standard InChI is InChI=1S/C16H19NO5/c1-16(2)21-12-11(18)15-17(14(19)13(12)22-16)10(8-20-15)9-6-4-3-5-7-9/h3-7,10-13,15,18H,8H2,1-2H3/t10-,11-,12-,13-,15-/m0/s1. The minimum atomic E-state index is -0.918. The number of nitrogens with zero attached hydrogens (tertiary/aromatic N) is 1. The van der Waals surface area contributed by atoms with Crippen molar-refractivity contribution in [1.82, 2.24) is 4.90 Å². The van der Waals surface area contributed by atoms with E-state index in [1.165, 1.54) is 0 Å². The molecule has 1 N–H and O–H groups in total. The minimum absolute atomic E-state index is 0.183. The number of piperidine rings is 1. The summed E-state index contributed by atoms with van der Waals surface area (Å²) >= 11 is 0. The largest absolute Gasteiger partial charge is 0.386 e. The van der Waals surface area contributed by atoms with Gasteiger partial charge in [0.25, 0.3) is 5.91 Å². The monoisotopic (exact) mass is 305 g/mol. The third-order valence-electron chi connectivity index (χ3n) is 4.47. The molecule has 22 heavy (non-hydrogen) atoms. The van der Waals surface area contributed by atoms with Gasteiger partial charge in [-0.05, 0) is 19.4 Å². The average molecular weight is 305 g/mol. The molecule has 3 saturated heterocycles. The van der Waals surface area contributed by atoms with Crippen LogP contribution in [0.4, 0.5) is 0 Å². The summed E-state index contributed by atoms with van der Waals surface area (Å²) in [6, 6.07) is 9.48. The van der Waals surface area contributed by atoms with Crippen LogP contribution >= 0.6 is 0 Å². The Labute approximate surface area is 128 Å². The number of amides is 1. The molecule has 3 aliphatic rings. The first-order chi connectivity index (χ1) is 10.5. The van der Waals surface area contributed by atoms with Crippen LogP contribution in [0.15, 0.2) is 30.3 Å². The fourth-order valence-electron chi connectivity index (χ4n) is 3.54. The van der Waals surface area contributed by atoms with Crippen molar-refractivity contribution in [3.8, 4) is 0 Å². The van der Waals surface area contributed by atoms with Crippen LogP contribution in [-0.4, -0.2) is 52.8 Å². The highest BCUT2D eigenvalue weighted by molar-refractivity contribution is 5.84. The van der Waals surface area contributed by atoms with Gasteiger partial charge in [0.2, 0.25) is 0 Å². The van der Waals surface area contributed by atoms with E-state index in [1.807, 2.05) is 30.3 Å². The van der Waals surface area contributed by atoms with Crippen molar-refractivity contribution in [2.75, 3.05) is 6.61 Å². The third-order valence-corrected chi connectivity index (χ3v) is 4.47. The van der Waals surface area contributed by atoms with E-state index >= 15 is 0 Å². The predicted octanol–water partition coefficient (Wildman–Crippen LogP) is 0.807. The zero-order valence-corrected chi connectivity index (χ0v) is 12.5. The molecule has 0 aromatic heterocycles. The van der Waals surface area contributed by atoms with Gasteiger partial charge in [0, 0.05) is 0 Å². The normalized spacial score (nSPS) is 39.7. The maximum Gasteiger partial charge on any atom is 0.257 e. The number of ether oxygens (including phenoxy) is 3. The van der Waals surface area contributed by atoms with E-state index in [1.54, 1.807) is 18.7 Å². The smallest absolute Gasteiger partial charge is 0.257 e. The molecule has 1 aromatic carbocycles. The molecule has 0 bridgehead atoms. The van der Waals surface area contributed by atoms with Gasteiger partial charge in [-0.15, -0.1) is 0 Å². The molecule has 0 radical (unpaired) electrons. The van der Waals surface area contributed by atoms with Crippen LogP contribution < -0.4 is 0 Å². The number of hydrogen-bond acceptors (Lipinski definition) is 5. The predicted molar refractivity (Wildman–Crippen MR) is 75.6 cm³/mol. The van der Waals surface area contributed by atoms with Crippen LogP contribution in [0, 0.1) is 0 Å². The lowest BCUT2D eigenvalue weighted by molar-refractivity contribution is -0.179. The second-order valence-electron chi connectivity index (χ2n) is 6.41. The maximum absolute atomic E-state index is 12.8. The number of carbonyl (C=O) groups excluding carboxylic acids is 1. The first kappa shape index (κ1) is 14.1. The summed E-state index contributed by atoms with van der Waals surface area (Å²) in [6.45, 7) is 3.85. The Hall–Kier alpha value is -1.47. The highest BCUT2D eigenvalue weighted by atomic mass is 16.8. The van der Waals surface area contributed by atoms with E-state index in [2.05, 4.69) is 0 Å². The van der Waals surface area contributed by atoms with Gasteiger partial charge >= 0.3 is 0 Å². The molecule has 4 rings (SSSR count). The lowest BCUT2D eigenvalue weighted by atomic mass is 9.97. The first-order valence-electron chi connectivity index (χ1n) is 7.50. The second-order valence-corrected chi connectivity index (χ2v) is 6.41. The van der Waals surface area contributed by atoms with Crippen molar-refractivity contribution >= 4 is 5.91 Å². The zero-order valence-electron chi connectivity index (χ0n) is 12.5. The van der Waals surface area contributed by atoms with Gasteiger partial charge in [-0.3, -0.25) is 4.79 Å². The van der Waals surface area contributed by atoms with Crippen LogP contribution in [0.1, 0.15) is 25.5 Å². The van der Waals surface area contributed by atoms with Crippen molar-refractivity contribution in [2.45, 2.75) is 50.2 Å². The number of aliphatic hydroxyl groups excluding tert-OH is 1. The number of fused-ring (bicyclic) bond motifs is 2. The Bertz CT molecular complexity index is 589. The van der Waals surface area contributed by atoms with E-state index in [4.69, 9.17) is 14.2 Å². The van der Waals surface area contributed by atoms with Crippen molar-refractivity contribution < 1.29 is 24.1 Å². The summed E-state index contributed by atoms with van der Waals surface area (Å²) in [7, 11) is 0. The summed E-state index contributed by atoms with van der Waals surface area (Å²) in [4.78, 5) is 14.4.